The second-order valence-electron chi connectivity index (χ2n) is 6.95. The third-order valence-corrected chi connectivity index (χ3v) is 7.65. The van der Waals surface area contributed by atoms with E-state index in [-0.39, 0.29) is 10.8 Å². The minimum atomic E-state index is -0.250. The summed E-state index contributed by atoms with van der Waals surface area (Å²) in [4.78, 5) is 19.9. The first-order chi connectivity index (χ1) is 15.1. The summed E-state index contributed by atoms with van der Waals surface area (Å²) in [5.74, 6) is 2.23. The number of H-pyrrole nitrogens is 1. The van der Waals surface area contributed by atoms with Gasteiger partial charge >= 0.3 is 4.87 Å². The van der Waals surface area contributed by atoms with E-state index in [0.29, 0.717) is 30.2 Å². The van der Waals surface area contributed by atoms with Gasteiger partial charge in [-0.05, 0) is 41.4 Å². The van der Waals surface area contributed by atoms with Gasteiger partial charge < -0.3 is 14.3 Å². The maximum Gasteiger partial charge on any atom is 0.307 e. The molecule has 0 bridgehead atoms. The van der Waals surface area contributed by atoms with E-state index < -0.39 is 0 Å². The van der Waals surface area contributed by atoms with E-state index in [9.17, 15) is 9.90 Å². The lowest BCUT2D eigenvalue weighted by Crippen LogP contribution is -2.03. The molecule has 0 unspecified atom stereocenters. The first-order valence-corrected chi connectivity index (χ1v) is 12.2. The van der Waals surface area contributed by atoms with Crippen LogP contribution in [0.15, 0.2) is 50.3 Å². The highest BCUT2D eigenvalue weighted by molar-refractivity contribution is 7.17. The molecule has 6 nitrogen and oxygen atoms in total. The first kappa shape index (κ1) is 20.0. The Balaban J connectivity index is 1.31. The summed E-state index contributed by atoms with van der Waals surface area (Å²) < 4.78 is 13.0. The van der Waals surface area contributed by atoms with Gasteiger partial charge in [0.2, 0.25) is 11.8 Å². The third-order valence-electron chi connectivity index (χ3n) is 4.93. The second kappa shape index (κ2) is 8.33. The molecule has 0 aliphatic heterocycles. The van der Waals surface area contributed by atoms with Crippen LogP contribution in [0.3, 0.4) is 0 Å². The number of rotatable bonds is 7. The molecule has 4 heterocycles. The zero-order valence-corrected chi connectivity index (χ0v) is 19.0. The number of aryl methyl sites for hydroxylation is 1. The number of aromatic amines is 1. The molecule has 1 aromatic carbocycles. The van der Waals surface area contributed by atoms with E-state index >= 15 is 0 Å². The van der Waals surface area contributed by atoms with Crippen LogP contribution in [0.4, 0.5) is 0 Å². The summed E-state index contributed by atoms with van der Waals surface area (Å²) in [5.41, 5.74) is 1.95. The Morgan fingerprint density at radius 1 is 1.19 bits per heavy atom. The number of benzene rings is 1. The summed E-state index contributed by atoms with van der Waals surface area (Å²) in [6, 6.07) is 9.96. The average molecular weight is 471 g/mol. The Labute approximate surface area is 189 Å². The molecule has 9 heteroatoms. The van der Waals surface area contributed by atoms with Crippen LogP contribution >= 0.6 is 34.0 Å². The first-order valence-electron chi connectivity index (χ1n) is 9.61. The number of hydrogen-bond acceptors (Lipinski definition) is 8. The molecule has 0 saturated heterocycles. The summed E-state index contributed by atoms with van der Waals surface area (Å²) in [7, 11) is 0. The lowest BCUT2D eigenvalue weighted by atomic mass is 10.1. The van der Waals surface area contributed by atoms with E-state index in [1.807, 2.05) is 48.0 Å². The number of oxazole rings is 1. The third kappa shape index (κ3) is 4.04. The van der Waals surface area contributed by atoms with E-state index in [1.165, 1.54) is 0 Å². The lowest BCUT2D eigenvalue weighted by Gasteiger charge is -2.09. The number of nitrogens with zero attached hydrogens (tertiary/aromatic N) is 1. The molecule has 0 atom stereocenters. The summed E-state index contributed by atoms with van der Waals surface area (Å²) in [6.07, 6.45) is 1.15. The van der Waals surface area contributed by atoms with Crippen LogP contribution in [-0.2, 0) is 12.8 Å². The van der Waals surface area contributed by atoms with Gasteiger partial charge in [0.1, 0.15) is 11.5 Å². The molecule has 0 spiro atoms. The van der Waals surface area contributed by atoms with Gasteiger partial charge in [-0.3, -0.25) is 9.78 Å². The predicted octanol–water partition coefficient (Wildman–Crippen LogP) is 5.59. The van der Waals surface area contributed by atoms with Gasteiger partial charge in [-0.2, -0.15) is 0 Å². The van der Waals surface area contributed by atoms with Crippen molar-refractivity contribution in [3.8, 4) is 22.4 Å². The molecule has 5 rings (SSSR count). The van der Waals surface area contributed by atoms with Gasteiger partial charge in [0.05, 0.1) is 22.1 Å². The van der Waals surface area contributed by atoms with Gasteiger partial charge in [0, 0.05) is 22.9 Å². The van der Waals surface area contributed by atoms with Crippen molar-refractivity contribution in [1.82, 2.24) is 9.97 Å². The number of ether oxygens (including phenoxy) is 1. The van der Waals surface area contributed by atoms with Crippen molar-refractivity contribution in [2.24, 2.45) is 0 Å². The topological polar surface area (TPSA) is 88.4 Å². The Kier molecular flexibility index (Phi) is 5.39. The Hall–Kier alpha value is -2.88. The Morgan fingerprint density at radius 3 is 2.87 bits per heavy atom. The fourth-order valence-corrected chi connectivity index (χ4v) is 5.75. The van der Waals surface area contributed by atoms with Gasteiger partial charge in [-0.15, -0.1) is 22.7 Å². The van der Waals surface area contributed by atoms with Gasteiger partial charge in [0.15, 0.2) is 0 Å². The molecule has 0 radical (unpaired) electrons. The number of fused-ring (bicyclic) bond motifs is 1. The monoisotopic (exact) mass is 470 g/mol. The van der Waals surface area contributed by atoms with Crippen LogP contribution in [0.2, 0.25) is 0 Å². The highest BCUT2D eigenvalue weighted by Crippen LogP contribution is 2.35. The van der Waals surface area contributed by atoms with E-state index in [2.05, 4.69) is 9.97 Å². The van der Waals surface area contributed by atoms with Gasteiger partial charge in [-0.1, -0.05) is 23.5 Å². The van der Waals surface area contributed by atoms with Crippen LogP contribution in [0.25, 0.3) is 20.9 Å². The van der Waals surface area contributed by atoms with E-state index in [4.69, 9.17) is 9.15 Å². The van der Waals surface area contributed by atoms with E-state index in [1.54, 1.807) is 22.7 Å². The predicted molar refractivity (Wildman–Crippen MR) is 125 cm³/mol. The quantitative estimate of drug-likeness (QED) is 0.323. The molecule has 0 amide bonds. The van der Waals surface area contributed by atoms with Gasteiger partial charge in [-0.25, -0.2) is 4.98 Å². The largest absolute Gasteiger partial charge is 0.494 e. The molecule has 2 N–H and O–H groups in total. The standard InChI is InChI=1S/C22H18N2O4S3/c1-12-15(23-21(28-12)17-3-2-9-29-17)6-8-27-16-5-4-13(19-14(16)7-10-30-19)11-18-20(25)24-22(26)31-18/h2-5,7,9-10,25H,6,8,11H2,1H3,(H,24,26). The van der Waals surface area contributed by atoms with Crippen LogP contribution in [-0.4, -0.2) is 21.7 Å². The van der Waals surface area contributed by atoms with Gasteiger partial charge in [0.25, 0.3) is 0 Å². The van der Waals surface area contributed by atoms with Crippen molar-refractivity contribution in [3.05, 3.63) is 72.7 Å². The molecule has 0 saturated carbocycles. The summed E-state index contributed by atoms with van der Waals surface area (Å²) in [6.45, 7) is 2.41. The summed E-state index contributed by atoms with van der Waals surface area (Å²) in [5, 5.41) is 15.0. The lowest BCUT2D eigenvalue weighted by molar-refractivity contribution is 0.323. The molecule has 0 aliphatic carbocycles. The minimum Gasteiger partial charge on any atom is -0.494 e. The normalized spacial score (nSPS) is 11.4. The number of aromatic nitrogens is 2. The molecular formula is C22H18N2O4S3. The van der Waals surface area contributed by atoms with Crippen LogP contribution in [0, 0.1) is 6.92 Å². The van der Waals surface area contributed by atoms with Crippen LogP contribution in [0.1, 0.15) is 21.9 Å². The fraction of sp³-hybridized carbons (Fsp3) is 0.182. The number of nitrogens with one attached hydrogen (secondary N) is 1. The molecular weight excluding hydrogens is 452 g/mol. The molecule has 4 aromatic heterocycles. The zero-order chi connectivity index (χ0) is 21.4. The maximum absolute atomic E-state index is 11.5. The van der Waals surface area contributed by atoms with Crippen molar-refractivity contribution in [2.45, 2.75) is 19.8 Å². The van der Waals surface area contributed by atoms with E-state index in [0.717, 1.165) is 49.1 Å². The highest BCUT2D eigenvalue weighted by atomic mass is 32.1. The van der Waals surface area contributed by atoms with Crippen molar-refractivity contribution >= 4 is 44.1 Å². The number of thiazole rings is 1. The number of thiophene rings is 2. The van der Waals surface area contributed by atoms with Crippen molar-refractivity contribution < 1.29 is 14.3 Å². The molecule has 0 fully saturated rings. The zero-order valence-electron chi connectivity index (χ0n) is 16.5. The maximum atomic E-state index is 11.5. The molecule has 158 valence electrons. The van der Waals surface area contributed by atoms with Crippen molar-refractivity contribution in [1.29, 1.82) is 0 Å². The highest BCUT2D eigenvalue weighted by Gasteiger charge is 2.15. The average Bonchev–Trinajstić information content (AvgIpc) is 3.52. The van der Waals surface area contributed by atoms with Crippen molar-refractivity contribution in [3.63, 3.8) is 0 Å². The fourth-order valence-electron chi connectivity index (χ4n) is 3.43. The molecule has 31 heavy (non-hydrogen) atoms. The SMILES string of the molecule is Cc1oc(-c2cccs2)nc1CCOc1ccc(Cc2sc(=O)[nH]c2O)c2sccc12. The minimum absolute atomic E-state index is 0.0510. The second-order valence-corrected chi connectivity index (χ2v) is 9.88. The van der Waals surface area contributed by atoms with Crippen LogP contribution in [0.5, 0.6) is 11.6 Å². The number of aromatic hydroxyl groups is 1. The van der Waals surface area contributed by atoms with Crippen LogP contribution < -0.4 is 9.61 Å². The molecule has 5 aromatic rings. The van der Waals surface area contributed by atoms with Crippen molar-refractivity contribution in [2.75, 3.05) is 6.61 Å². The Bertz CT molecular complexity index is 1390. The smallest absolute Gasteiger partial charge is 0.307 e. The Morgan fingerprint density at radius 2 is 2.10 bits per heavy atom. The summed E-state index contributed by atoms with van der Waals surface area (Å²) >= 11 is 4.26. The number of hydrogen-bond donors (Lipinski definition) is 2. The molecule has 0 aliphatic rings.